The van der Waals surface area contributed by atoms with Gasteiger partial charge in [-0.2, -0.15) is 0 Å². The van der Waals surface area contributed by atoms with Gasteiger partial charge in [-0.3, -0.25) is 4.90 Å². The van der Waals surface area contributed by atoms with Gasteiger partial charge in [0.25, 0.3) is 0 Å². The lowest BCUT2D eigenvalue weighted by atomic mass is 9.92. The molecule has 0 aromatic heterocycles. The summed E-state index contributed by atoms with van der Waals surface area (Å²) in [6.45, 7) is 11.3. The summed E-state index contributed by atoms with van der Waals surface area (Å²) in [5, 5.41) is 13.9. The van der Waals surface area contributed by atoms with Crippen molar-refractivity contribution in [3.63, 3.8) is 0 Å². The third-order valence-electron chi connectivity index (χ3n) is 4.34. The zero-order valence-corrected chi connectivity index (χ0v) is 14.1. The Morgan fingerprint density at radius 1 is 1.23 bits per heavy atom. The number of nitrogens with one attached hydrogen (secondary N) is 1. The Kier molecular flexibility index (Phi) is 6.83. The van der Waals surface area contributed by atoms with Crippen molar-refractivity contribution in [2.75, 3.05) is 39.4 Å². The molecule has 0 aliphatic carbocycles. The molecule has 0 amide bonds. The summed E-state index contributed by atoms with van der Waals surface area (Å²) >= 11 is 0. The van der Waals surface area contributed by atoms with Crippen molar-refractivity contribution in [3.8, 4) is 0 Å². The number of aliphatic hydroxyl groups excluding tert-OH is 1. The SMILES string of the molecule is Cc1ccccc1C(NCC(O)CN1CCOCC1)C(C)C. The highest BCUT2D eigenvalue weighted by molar-refractivity contribution is 5.29. The van der Waals surface area contributed by atoms with Crippen molar-refractivity contribution in [3.05, 3.63) is 35.4 Å². The standard InChI is InChI=1S/C18H30N2O2/c1-14(2)18(17-7-5-4-6-15(17)3)19-12-16(21)13-20-8-10-22-11-9-20/h4-7,14,16,18-19,21H,8-13H2,1-3H3. The highest BCUT2D eigenvalue weighted by Crippen LogP contribution is 2.24. The first-order valence-corrected chi connectivity index (χ1v) is 8.35. The van der Waals surface area contributed by atoms with Gasteiger partial charge in [-0.25, -0.2) is 0 Å². The van der Waals surface area contributed by atoms with Crippen LogP contribution in [0.15, 0.2) is 24.3 Å². The molecule has 1 aromatic rings. The fourth-order valence-corrected chi connectivity index (χ4v) is 3.05. The molecule has 1 fully saturated rings. The van der Waals surface area contributed by atoms with Gasteiger partial charge in [0.05, 0.1) is 19.3 Å². The quantitative estimate of drug-likeness (QED) is 0.808. The maximum absolute atomic E-state index is 10.3. The summed E-state index contributed by atoms with van der Waals surface area (Å²) in [7, 11) is 0. The third kappa shape index (κ3) is 5.06. The molecule has 2 rings (SSSR count). The van der Waals surface area contributed by atoms with E-state index in [2.05, 4.69) is 55.3 Å². The van der Waals surface area contributed by atoms with Crippen LogP contribution in [0.4, 0.5) is 0 Å². The number of hydrogen-bond donors (Lipinski definition) is 2. The van der Waals surface area contributed by atoms with Gasteiger partial charge >= 0.3 is 0 Å². The molecule has 4 heteroatoms. The molecular formula is C18H30N2O2. The second kappa shape index (κ2) is 8.63. The summed E-state index contributed by atoms with van der Waals surface area (Å²) in [5.41, 5.74) is 2.63. The summed E-state index contributed by atoms with van der Waals surface area (Å²) < 4.78 is 5.34. The van der Waals surface area contributed by atoms with Crippen LogP contribution < -0.4 is 5.32 Å². The van der Waals surface area contributed by atoms with Crippen LogP contribution in [0, 0.1) is 12.8 Å². The Morgan fingerprint density at radius 2 is 1.91 bits per heavy atom. The summed E-state index contributed by atoms with van der Waals surface area (Å²) in [4.78, 5) is 2.27. The van der Waals surface area contributed by atoms with Crippen LogP contribution in [0.2, 0.25) is 0 Å². The van der Waals surface area contributed by atoms with Gasteiger partial charge in [0.1, 0.15) is 0 Å². The van der Waals surface area contributed by atoms with E-state index in [4.69, 9.17) is 4.74 Å². The molecule has 2 atom stereocenters. The maximum atomic E-state index is 10.3. The molecule has 0 bridgehead atoms. The predicted octanol–water partition coefficient (Wildman–Crippen LogP) is 1.97. The molecule has 1 aliphatic heterocycles. The number of β-amino-alcohol motifs (C(OH)–C–C–N with tert-alkyl or cyclic N) is 1. The zero-order chi connectivity index (χ0) is 15.9. The average molecular weight is 306 g/mol. The second-order valence-corrected chi connectivity index (χ2v) is 6.55. The topological polar surface area (TPSA) is 44.7 Å². The number of morpholine rings is 1. The van der Waals surface area contributed by atoms with Crippen molar-refractivity contribution < 1.29 is 9.84 Å². The van der Waals surface area contributed by atoms with Gasteiger partial charge in [0, 0.05) is 32.2 Å². The molecule has 22 heavy (non-hydrogen) atoms. The number of aliphatic hydroxyl groups is 1. The Balaban J connectivity index is 1.87. The Labute approximate surface area is 134 Å². The van der Waals surface area contributed by atoms with Gasteiger partial charge in [0.15, 0.2) is 0 Å². The third-order valence-corrected chi connectivity index (χ3v) is 4.34. The lowest BCUT2D eigenvalue weighted by molar-refractivity contribution is 0.0142. The number of benzene rings is 1. The summed E-state index contributed by atoms with van der Waals surface area (Å²) in [6.07, 6.45) is -0.344. The van der Waals surface area contributed by atoms with Crippen LogP contribution >= 0.6 is 0 Å². The minimum atomic E-state index is -0.344. The van der Waals surface area contributed by atoms with E-state index >= 15 is 0 Å². The minimum absolute atomic E-state index is 0.278. The van der Waals surface area contributed by atoms with Crippen LogP contribution in [0.25, 0.3) is 0 Å². The molecule has 0 saturated carbocycles. The molecule has 0 radical (unpaired) electrons. The van der Waals surface area contributed by atoms with Crippen LogP contribution in [0.5, 0.6) is 0 Å². The van der Waals surface area contributed by atoms with Crippen molar-refractivity contribution >= 4 is 0 Å². The fraction of sp³-hybridized carbons (Fsp3) is 0.667. The predicted molar refractivity (Wildman–Crippen MR) is 90.0 cm³/mol. The van der Waals surface area contributed by atoms with Crippen molar-refractivity contribution in [2.45, 2.75) is 32.9 Å². The van der Waals surface area contributed by atoms with E-state index in [1.54, 1.807) is 0 Å². The van der Waals surface area contributed by atoms with Gasteiger partial charge in [-0.15, -0.1) is 0 Å². The number of rotatable bonds is 7. The fourth-order valence-electron chi connectivity index (χ4n) is 3.05. The lowest BCUT2D eigenvalue weighted by Gasteiger charge is -2.30. The van der Waals surface area contributed by atoms with Crippen molar-refractivity contribution in [1.82, 2.24) is 10.2 Å². The van der Waals surface area contributed by atoms with Crippen LogP contribution in [-0.2, 0) is 4.74 Å². The number of aryl methyl sites for hydroxylation is 1. The Bertz CT molecular complexity index is 444. The first-order valence-electron chi connectivity index (χ1n) is 8.35. The number of ether oxygens (including phenoxy) is 1. The Hall–Kier alpha value is -0.940. The largest absolute Gasteiger partial charge is 0.390 e. The highest BCUT2D eigenvalue weighted by atomic mass is 16.5. The molecule has 1 aromatic carbocycles. The molecular weight excluding hydrogens is 276 g/mol. The molecule has 1 saturated heterocycles. The second-order valence-electron chi connectivity index (χ2n) is 6.55. The van der Waals surface area contributed by atoms with Crippen LogP contribution in [-0.4, -0.2) is 55.5 Å². The van der Waals surface area contributed by atoms with E-state index in [1.165, 1.54) is 11.1 Å². The van der Waals surface area contributed by atoms with Gasteiger partial charge < -0.3 is 15.2 Å². The number of nitrogens with zero attached hydrogens (tertiary/aromatic N) is 1. The molecule has 4 nitrogen and oxygen atoms in total. The highest BCUT2D eigenvalue weighted by Gasteiger charge is 2.20. The van der Waals surface area contributed by atoms with Crippen molar-refractivity contribution in [1.29, 1.82) is 0 Å². The minimum Gasteiger partial charge on any atom is -0.390 e. The van der Waals surface area contributed by atoms with E-state index in [0.29, 0.717) is 12.5 Å². The Morgan fingerprint density at radius 3 is 2.55 bits per heavy atom. The maximum Gasteiger partial charge on any atom is 0.0791 e. The summed E-state index contributed by atoms with van der Waals surface area (Å²) in [6, 6.07) is 8.77. The first kappa shape index (κ1) is 17.4. The molecule has 1 aliphatic rings. The smallest absolute Gasteiger partial charge is 0.0791 e. The van der Waals surface area contributed by atoms with E-state index in [1.807, 2.05) is 0 Å². The monoisotopic (exact) mass is 306 g/mol. The average Bonchev–Trinajstić information content (AvgIpc) is 2.50. The van der Waals surface area contributed by atoms with Gasteiger partial charge in [0.2, 0.25) is 0 Å². The van der Waals surface area contributed by atoms with E-state index in [9.17, 15) is 5.11 Å². The van der Waals surface area contributed by atoms with Crippen LogP contribution in [0.1, 0.15) is 31.0 Å². The normalized spacial score (nSPS) is 19.3. The van der Waals surface area contributed by atoms with E-state index < -0.39 is 0 Å². The zero-order valence-electron chi connectivity index (χ0n) is 14.1. The molecule has 2 unspecified atom stereocenters. The van der Waals surface area contributed by atoms with Crippen LogP contribution in [0.3, 0.4) is 0 Å². The number of hydrogen-bond acceptors (Lipinski definition) is 4. The summed E-state index contributed by atoms with van der Waals surface area (Å²) in [5.74, 6) is 0.483. The van der Waals surface area contributed by atoms with Gasteiger partial charge in [-0.05, 0) is 24.0 Å². The molecule has 124 valence electrons. The molecule has 0 spiro atoms. The lowest BCUT2D eigenvalue weighted by Crippen LogP contribution is -2.44. The van der Waals surface area contributed by atoms with Crippen molar-refractivity contribution in [2.24, 2.45) is 5.92 Å². The molecule has 2 N–H and O–H groups in total. The van der Waals surface area contributed by atoms with Gasteiger partial charge in [-0.1, -0.05) is 38.1 Å². The molecule has 1 heterocycles. The van der Waals surface area contributed by atoms with E-state index in [-0.39, 0.29) is 12.1 Å². The first-order chi connectivity index (χ1) is 10.6. The van der Waals surface area contributed by atoms with E-state index in [0.717, 1.165) is 32.8 Å².